The summed E-state index contributed by atoms with van der Waals surface area (Å²) in [7, 11) is -2.27. The lowest BCUT2D eigenvalue weighted by molar-refractivity contribution is -0.119. The number of carbonyl (C=O) groups excluding carboxylic acids is 2. The molecule has 0 saturated carbocycles. The molecule has 2 amide bonds. The Bertz CT molecular complexity index is 954. The molecule has 0 aliphatic carbocycles. The number of nitrogens with zero attached hydrogens (tertiary/aromatic N) is 3. The molecular weight excluding hydrogens is 402 g/mol. The zero-order valence-corrected chi connectivity index (χ0v) is 16.9. The molecule has 9 heteroatoms. The summed E-state index contributed by atoms with van der Waals surface area (Å²) < 4.78 is 26.6. The van der Waals surface area contributed by atoms with Crippen LogP contribution in [-0.4, -0.2) is 63.8 Å². The van der Waals surface area contributed by atoms with Gasteiger partial charge in [-0.25, -0.2) is 8.42 Å². The Morgan fingerprint density at radius 2 is 1.57 bits per heavy atom. The SMILES string of the molecule is CN(c1ccc(C(=O)N2CCN(C=O)CC2)cc1)S(=O)(=O)c1ccc(Cl)cc1. The second-order valence-electron chi connectivity index (χ2n) is 6.41. The van der Waals surface area contributed by atoms with E-state index in [0.29, 0.717) is 42.5 Å². The molecule has 0 atom stereocenters. The molecule has 2 aromatic carbocycles. The first-order valence-corrected chi connectivity index (χ1v) is 10.5. The Kier molecular flexibility index (Phi) is 5.90. The molecule has 0 bridgehead atoms. The average Bonchev–Trinajstić information content (AvgIpc) is 2.73. The lowest BCUT2D eigenvalue weighted by Crippen LogP contribution is -2.48. The highest BCUT2D eigenvalue weighted by Gasteiger charge is 2.23. The Hall–Kier alpha value is -2.58. The second kappa shape index (κ2) is 8.20. The summed E-state index contributed by atoms with van der Waals surface area (Å²) in [5, 5.41) is 0.457. The summed E-state index contributed by atoms with van der Waals surface area (Å²) in [6.07, 6.45) is 0.785. The molecule has 1 heterocycles. The van der Waals surface area contributed by atoms with Crippen LogP contribution in [0.1, 0.15) is 10.4 Å². The molecule has 0 spiro atoms. The number of rotatable bonds is 5. The molecule has 1 fully saturated rings. The third-order valence-corrected chi connectivity index (χ3v) is 6.75. The number of halogens is 1. The molecule has 3 rings (SSSR count). The predicted molar refractivity (Wildman–Crippen MR) is 107 cm³/mol. The molecule has 0 radical (unpaired) electrons. The van der Waals surface area contributed by atoms with Crippen molar-refractivity contribution in [1.82, 2.24) is 9.80 Å². The molecule has 2 aromatic rings. The molecular formula is C19H20ClN3O4S. The van der Waals surface area contributed by atoms with Crippen molar-refractivity contribution in [1.29, 1.82) is 0 Å². The topological polar surface area (TPSA) is 78.0 Å². The smallest absolute Gasteiger partial charge is 0.264 e. The van der Waals surface area contributed by atoms with E-state index in [1.165, 1.54) is 31.3 Å². The minimum absolute atomic E-state index is 0.132. The normalized spacial score (nSPS) is 14.6. The van der Waals surface area contributed by atoms with Crippen molar-refractivity contribution in [2.24, 2.45) is 0 Å². The van der Waals surface area contributed by atoms with Crippen LogP contribution in [0.25, 0.3) is 0 Å². The molecule has 0 aromatic heterocycles. The van der Waals surface area contributed by atoms with Crippen LogP contribution in [0.5, 0.6) is 0 Å². The van der Waals surface area contributed by atoms with Crippen LogP contribution in [0, 0.1) is 0 Å². The summed E-state index contributed by atoms with van der Waals surface area (Å²) in [6, 6.07) is 12.4. The molecule has 0 N–H and O–H groups in total. The number of benzene rings is 2. The van der Waals surface area contributed by atoms with Gasteiger partial charge in [0.25, 0.3) is 15.9 Å². The van der Waals surface area contributed by atoms with Crippen molar-refractivity contribution in [3.8, 4) is 0 Å². The van der Waals surface area contributed by atoms with Crippen molar-refractivity contribution in [2.75, 3.05) is 37.5 Å². The van der Waals surface area contributed by atoms with E-state index in [1.54, 1.807) is 34.1 Å². The Morgan fingerprint density at radius 1 is 1.00 bits per heavy atom. The zero-order valence-electron chi connectivity index (χ0n) is 15.3. The summed E-state index contributed by atoms with van der Waals surface area (Å²) in [4.78, 5) is 26.8. The van der Waals surface area contributed by atoms with Crippen LogP contribution in [0.3, 0.4) is 0 Å². The fourth-order valence-electron chi connectivity index (χ4n) is 2.93. The average molecular weight is 422 g/mol. The molecule has 28 heavy (non-hydrogen) atoms. The number of hydrogen-bond acceptors (Lipinski definition) is 4. The van der Waals surface area contributed by atoms with Crippen LogP contribution in [0.4, 0.5) is 5.69 Å². The number of anilines is 1. The number of carbonyl (C=O) groups is 2. The van der Waals surface area contributed by atoms with Crippen LogP contribution in [0.15, 0.2) is 53.4 Å². The van der Waals surface area contributed by atoms with E-state index in [4.69, 9.17) is 11.6 Å². The maximum Gasteiger partial charge on any atom is 0.264 e. The van der Waals surface area contributed by atoms with Crippen LogP contribution in [0.2, 0.25) is 5.02 Å². The van der Waals surface area contributed by atoms with Crippen molar-refractivity contribution in [3.63, 3.8) is 0 Å². The standard InChI is InChI=1S/C19H20ClN3O4S/c1-21(28(26,27)18-8-4-16(20)5-9-18)17-6-2-15(3-7-17)19(25)23-12-10-22(14-24)11-13-23/h2-9,14H,10-13H2,1H3. The van der Waals surface area contributed by atoms with Crippen LogP contribution < -0.4 is 4.31 Å². The minimum atomic E-state index is -3.73. The van der Waals surface area contributed by atoms with Crippen molar-refractivity contribution >= 4 is 39.6 Å². The van der Waals surface area contributed by atoms with E-state index in [2.05, 4.69) is 0 Å². The van der Waals surface area contributed by atoms with E-state index >= 15 is 0 Å². The first-order chi connectivity index (χ1) is 13.3. The second-order valence-corrected chi connectivity index (χ2v) is 8.81. The van der Waals surface area contributed by atoms with E-state index in [0.717, 1.165) is 10.7 Å². The Balaban J connectivity index is 1.74. The number of sulfonamides is 1. The summed E-state index contributed by atoms with van der Waals surface area (Å²) in [5.41, 5.74) is 0.915. The van der Waals surface area contributed by atoms with Gasteiger partial charge in [-0.05, 0) is 48.5 Å². The van der Waals surface area contributed by atoms with Crippen molar-refractivity contribution in [2.45, 2.75) is 4.90 Å². The van der Waals surface area contributed by atoms with Gasteiger partial charge in [0.1, 0.15) is 0 Å². The van der Waals surface area contributed by atoms with E-state index in [-0.39, 0.29) is 10.8 Å². The highest BCUT2D eigenvalue weighted by molar-refractivity contribution is 7.92. The summed E-state index contributed by atoms with van der Waals surface area (Å²) in [5.74, 6) is -0.139. The number of piperazine rings is 1. The Labute approximate surface area is 169 Å². The first-order valence-electron chi connectivity index (χ1n) is 8.66. The number of hydrogen-bond donors (Lipinski definition) is 0. The molecule has 1 aliphatic rings. The van der Waals surface area contributed by atoms with Gasteiger partial charge in [-0.2, -0.15) is 0 Å². The summed E-state index contributed by atoms with van der Waals surface area (Å²) >= 11 is 5.82. The van der Waals surface area contributed by atoms with Gasteiger partial charge in [-0.3, -0.25) is 13.9 Å². The lowest BCUT2D eigenvalue weighted by Gasteiger charge is -2.32. The molecule has 1 aliphatic heterocycles. The monoisotopic (exact) mass is 421 g/mol. The van der Waals surface area contributed by atoms with Crippen molar-refractivity contribution < 1.29 is 18.0 Å². The summed E-state index contributed by atoms with van der Waals surface area (Å²) in [6.45, 7) is 1.97. The lowest BCUT2D eigenvalue weighted by atomic mass is 10.1. The van der Waals surface area contributed by atoms with Gasteiger partial charge in [0, 0.05) is 43.8 Å². The van der Waals surface area contributed by atoms with Gasteiger partial charge < -0.3 is 9.80 Å². The van der Waals surface area contributed by atoms with E-state index in [9.17, 15) is 18.0 Å². The maximum absolute atomic E-state index is 12.7. The van der Waals surface area contributed by atoms with Gasteiger partial charge in [-0.1, -0.05) is 11.6 Å². The fourth-order valence-corrected chi connectivity index (χ4v) is 4.25. The molecule has 148 valence electrons. The third kappa shape index (κ3) is 4.13. The largest absolute Gasteiger partial charge is 0.342 e. The van der Waals surface area contributed by atoms with E-state index in [1.807, 2.05) is 0 Å². The van der Waals surface area contributed by atoms with Gasteiger partial charge in [0.05, 0.1) is 10.6 Å². The predicted octanol–water partition coefficient (Wildman–Crippen LogP) is 2.08. The van der Waals surface area contributed by atoms with Crippen LogP contribution >= 0.6 is 11.6 Å². The Morgan fingerprint density at radius 3 is 2.11 bits per heavy atom. The van der Waals surface area contributed by atoms with Gasteiger partial charge >= 0.3 is 0 Å². The highest BCUT2D eigenvalue weighted by atomic mass is 35.5. The van der Waals surface area contributed by atoms with Gasteiger partial charge in [-0.15, -0.1) is 0 Å². The van der Waals surface area contributed by atoms with Gasteiger partial charge in [0.2, 0.25) is 6.41 Å². The van der Waals surface area contributed by atoms with Crippen LogP contribution in [-0.2, 0) is 14.8 Å². The molecule has 7 nitrogen and oxygen atoms in total. The third-order valence-electron chi connectivity index (χ3n) is 4.70. The quantitative estimate of drug-likeness (QED) is 0.692. The highest BCUT2D eigenvalue weighted by Crippen LogP contribution is 2.24. The first kappa shape index (κ1) is 20.2. The maximum atomic E-state index is 12.7. The zero-order chi connectivity index (χ0) is 20.3. The minimum Gasteiger partial charge on any atom is -0.342 e. The van der Waals surface area contributed by atoms with Crippen molar-refractivity contribution in [3.05, 3.63) is 59.1 Å². The molecule has 0 unspecified atom stereocenters. The number of amides is 2. The fraction of sp³-hybridized carbons (Fsp3) is 0.263. The van der Waals surface area contributed by atoms with E-state index < -0.39 is 10.0 Å². The van der Waals surface area contributed by atoms with Gasteiger partial charge in [0.15, 0.2) is 0 Å². The molecule has 1 saturated heterocycles.